The van der Waals surface area contributed by atoms with Gasteiger partial charge in [0.1, 0.15) is 0 Å². The number of likely N-dealkylation sites (N-methyl/N-ethyl adjacent to an activating group) is 1. The van der Waals surface area contributed by atoms with Crippen LogP contribution in [0.15, 0.2) is 0 Å². The standard InChI is InChI=1S/C16H32N4/c1-18(2)7-8-19-9-11-20(12-10-19)14-15-13-16(15)3-5-17-6-4-16/h15,17H,3-14H2,1-2H3. The van der Waals surface area contributed by atoms with Crippen LogP contribution in [-0.4, -0.2) is 87.7 Å². The molecule has 1 spiro atoms. The number of piperazine rings is 1. The Kier molecular flexibility index (Phi) is 4.65. The molecular weight excluding hydrogens is 248 g/mol. The molecule has 1 aliphatic carbocycles. The van der Waals surface area contributed by atoms with E-state index in [9.17, 15) is 0 Å². The van der Waals surface area contributed by atoms with Gasteiger partial charge in [0.2, 0.25) is 0 Å². The van der Waals surface area contributed by atoms with E-state index in [0.717, 1.165) is 11.3 Å². The van der Waals surface area contributed by atoms with Gasteiger partial charge in [-0.1, -0.05) is 0 Å². The molecule has 2 aliphatic heterocycles. The third-order valence-electron chi connectivity index (χ3n) is 5.77. The molecule has 3 aliphatic rings. The van der Waals surface area contributed by atoms with Crippen molar-refractivity contribution in [3.63, 3.8) is 0 Å². The summed E-state index contributed by atoms with van der Waals surface area (Å²) in [5.41, 5.74) is 0.757. The van der Waals surface area contributed by atoms with Gasteiger partial charge in [-0.15, -0.1) is 0 Å². The molecule has 1 N–H and O–H groups in total. The topological polar surface area (TPSA) is 21.8 Å². The van der Waals surface area contributed by atoms with Crippen molar-refractivity contribution in [1.82, 2.24) is 20.0 Å². The van der Waals surface area contributed by atoms with Crippen LogP contribution in [0.2, 0.25) is 0 Å². The van der Waals surface area contributed by atoms with E-state index in [4.69, 9.17) is 0 Å². The molecule has 4 heteroatoms. The number of piperidine rings is 1. The lowest BCUT2D eigenvalue weighted by atomic mass is 9.92. The SMILES string of the molecule is CN(C)CCN1CCN(CC2CC23CCNCC3)CC1. The monoisotopic (exact) mass is 280 g/mol. The van der Waals surface area contributed by atoms with Gasteiger partial charge in [-0.25, -0.2) is 0 Å². The first-order valence-corrected chi connectivity index (χ1v) is 8.48. The molecule has 1 saturated carbocycles. The van der Waals surface area contributed by atoms with Crippen LogP contribution in [0, 0.1) is 11.3 Å². The summed E-state index contributed by atoms with van der Waals surface area (Å²) < 4.78 is 0. The summed E-state index contributed by atoms with van der Waals surface area (Å²) in [5.74, 6) is 1.01. The van der Waals surface area contributed by atoms with Crippen LogP contribution in [-0.2, 0) is 0 Å². The lowest BCUT2D eigenvalue weighted by Gasteiger charge is -2.36. The molecule has 3 rings (SSSR count). The van der Waals surface area contributed by atoms with Crippen LogP contribution in [0.5, 0.6) is 0 Å². The molecule has 2 saturated heterocycles. The molecule has 1 atom stereocenters. The Morgan fingerprint density at radius 3 is 2.35 bits per heavy atom. The fourth-order valence-corrected chi connectivity index (χ4v) is 4.08. The summed E-state index contributed by atoms with van der Waals surface area (Å²) >= 11 is 0. The van der Waals surface area contributed by atoms with Gasteiger partial charge >= 0.3 is 0 Å². The fraction of sp³-hybridized carbons (Fsp3) is 1.00. The lowest BCUT2D eigenvalue weighted by Crippen LogP contribution is -2.48. The molecule has 4 nitrogen and oxygen atoms in total. The first kappa shape index (κ1) is 14.8. The average Bonchev–Trinajstić information content (AvgIpc) is 3.10. The summed E-state index contributed by atoms with van der Waals surface area (Å²) in [6, 6.07) is 0. The molecule has 0 aromatic rings. The quantitative estimate of drug-likeness (QED) is 0.794. The predicted molar refractivity (Wildman–Crippen MR) is 84.1 cm³/mol. The van der Waals surface area contributed by atoms with E-state index in [1.165, 1.54) is 78.2 Å². The minimum Gasteiger partial charge on any atom is -0.317 e. The number of rotatable bonds is 5. The van der Waals surface area contributed by atoms with Gasteiger partial charge in [-0.05, 0) is 57.8 Å². The summed E-state index contributed by atoms with van der Waals surface area (Å²) in [5, 5.41) is 3.51. The highest BCUT2D eigenvalue weighted by Gasteiger charge is 2.53. The zero-order chi connectivity index (χ0) is 14.0. The first-order chi connectivity index (χ1) is 9.68. The van der Waals surface area contributed by atoms with Crippen LogP contribution >= 0.6 is 0 Å². The van der Waals surface area contributed by atoms with Crippen molar-refractivity contribution in [1.29, 1.82) is 0 Å². The van der Waals surface area contributed by atoms with Crippen LogP contribution in [0.3, 0.4) is 0 Å². The van der Waals surface area contributed by atoms with E-state index < -0.39 is 0 Å². The Bertz CT molecular complexity index is 304. The fourth-order valence-electron chi connectivity index (χ4n) is 4.08. The minimum absolute atomic E-state index is 0.757. The second-order valence-corrected chi connectivity index (χ2v) is 7.46. The van der Waals surface area contributed by atoms with Gasteiger partial charge in [0.05, 0.1) is 0 Å². The van der Waals surface area contributed by atoms with Crippen LogP contribution < -0.4 is 5.32 Å². The largest absolute Gasteiger partial charge is 0.317 e. The normalized spacial score (nSPS) is 31.1. The minimum atomic E-state index is 0.757. The number of hydrogen-bond acceptors (Lipinski definition) is 4. The number of hydrogen-bond donors (Lipinski definition) is 1. The molecular formula is C16H32N4. The average molecular weight is 280 g/mol. The molecule has 2 heterocycles. The lowest BCUT2D eigenvalue weighted by molar-refractivity contribution is 0.116. The third kappa shape index (κ3) is 3.53. The van der Waals surface area contributed by atoms with E-state index >= 15 is 0 Å². The van der Waals surface area contributed by atoms with E-state index in [1.807, 2.05) is 0 Å². The van der Waals surface area contributed by atoms with E-state index in [1.54, 1.807) is 0 Å². The summed E-state index contributed by atoms with van der Waals surface area (Å²) in [6.07, 6.45) is 4.37. The summed E-state index contributed by atoms with van der Waals surface area (Å²) in [6.45, 7) is 11.4. The molecule has 0 amide bonds. The second kappa shape index (κ2) is 6.30. The van der Waals surface area contributed by atoms with Crippen molar-refractivity contribution in [2.45, 2.75) is 19.3 Å². The molecule has 116 valence electrons. The highest BCUT2D eigenvalue weighted by Crippen LogP contribution is 2.58. The smallest absolute Gasteiger partial charge is 0.0110 e. The Balaban J connectivity index is 1.35. The molecule has 0 radical (unpaired) electrons. The van der Waals surface area contributed by atoms with Crippen molar-refractivity contribution in [3.8, 4) is 0 Å². The molecule has 20 heavy (non-hydrogen) atoms. The van der Waals surface area contributed by atoms with Crippen molar-refractivity contribution in [2.75, 3.05) is 73.0 Å². The maximum atomic E-state index is 3.51. The van der Waals surface area contributed by atoms with Crippen molar-refractivity contribution in [2.24, 2.45) is 11.3 Å². The van der Waals surface area contributed by atoms with Crippen molar-refractivity contribution >= 4 is 0 Å². The Morgan fingerprint density at radius 2 is 1.70 bits per heavy atom. The maximum absolute atomic E-state index is 3.51. The molecule has 3 fully saturated rings. The van der Waals surface area contributed by atoms with Gasteiger partial charge in [-0.3, -0.25) is 4.90 Å². The van der Waals surface area contributed by atoms with E-state index in [-0.39, 0.29) is 0 Å². The van der Waals surface area contributed by atoms with Crippen LogP contribution in [0.25, 0.3) is 0 Å². The summed E-state index contributed by atoms with van der Waals surface area (Å²) in [4.78, 5) is 7.65. The van der Waals surface area contributed by atoms with Crippen LogP contribution in [0.1, 0.15) is 19.3 Å². The van der Waals surface area contributed by atoms with Crippen molar-refractivity contribution in [3.05, 3.63) is 0 Å². The van der Waals surface area contributed by atoms with Gasteiger partial charge < -0.3 is 15.1 Å². The number of nitrogens with zero attached hydrogens (tertiary/aromatic N) is 3. The molecule has 0 aromatic carbocycles. The van der Waals surface area contributed by atoms with Gasteiger partial charge in [0.25, 0.3) is 0 Å². The molecule has 0 bridgehead atoms. The van der Waals surface area contributed by atoms with Crippen LogP contribution in [0.4, 0.5) is 0 Å². The predicted octanol–water partition coefficient (Wildman–Crippen LogP) is 0.555. The second-order valence-electron chi connectivity index (χ2n) is 7.46. The Morgan fingerprint density at radius 1 is 1.05 bits per heavy atom. The van der Waals surface area contributed by atoms with Gasteiger partial charge in [0, 0.05) is 45.8 Å². The van der Waals surface area contributed by atoms with Gasteiger partial charge in [-0.2, -0.15) is 0 Å². The van der Waals surface area contributed by atoms with E-state index in [0.29, 0.717) is 0 Å². The highest BCUT2D eigenvalue weighted by atomic mass is 15.3. The molecule has 1 unspecified atom stereocenters. The zero-order valence-corrected chi connectivity index (χ0v) is 13.4. The summed E-state index contributed by atoms with van der Waals surface area (Å²) in [7, 11) is 4.34. The molecule has 0 aromatic heterocycles. The first-order valence-electron chi connectivity index (χ1n) is 8.48. The van der Waals surface area contributed by atoms with E-state index in [2.05, 4.69) is 34.1 Å². The zero-order valence-electron chi connectivity index (χ0n) is 13.4. The Hall–Kier alpha value is -0.160. The van der Waals surface area contributed by atoms with Crippen molar-refractivity contribution < 1.29 is 0 Å². The number of nitrogens with one attached hydrogen (secondary N) is 1. The highest BCUT2D eigenvalue weighted by molar-refractivity contribution is 5.05. The maximum Gasteiger partial charge on any atom is 0.0110 e. The Labute approximate surface area is 124 Å². The third-order valence-corrected chi connectivity index (χ3v) is 5.77. The van der Waals surface area contributed by atoms with Gasteiger partial charge in [0.15, 0.2) is 0 Å².